The summed E-state index contributed by atoms with van der Waals surface area (Å²) in [6, 6.07) is 9.94. The molecule has 0 aliphatic carbocycles. The second-order valence-electron chi connectivity index (χ2n) is 5.23. The first kappa shape index (κ1) is 14.9. The molecule has 4 nitrogen and oxygen atoms in total. The normalized spacial score (nSPS) is 17.9. The third-order valence-electron chi connectivity index (χ3n) is 3.55. The molecule has 1 heterocycles. The van der Waals surface area contributed by atoms with Crippen LogP contribution < -0.4 is 10.1 Å². The second kappa shape index (κ2) is 7.90. The Kier molecular flexibility index (Phi) is 5.87. The summed E-state index contributed by atoms with van der Waals surface area (Å²) in [6.45, 7) is 4.89. The van der Waals surface area contributed by atoms with Gasteiger partial charge in [0.25, 0.3) is 5.91 Å². The van der Waals surface area contributed by atoms with E-state index >= 15 is 0 Å². The molecule has 1 unspecified atom stereocenters. The largest absolute Gasteiger partial charge is 0.484 e. The Morgan fingerprint density at radius 2 is 2.20 bits per heavy atom. The zero-order chi connectivity index (χ0) is 14.2. The van der Waals surface area contributed by atoms with E-state index in [2.05, 4.69) is 12.2 Å². The van der Waals surface area contributed by atoms with Crippen LogP contribution in [0.1, 0.15) is 26.2 Å². The van der Waals surface area contributed by atoms with Crippen LogP contribution >= 0.6 is 0 Å². The van der Waals surface area contributed by atoms with Crippen LogP contribution in [0.3, 0.4) is 0 Å². The fraction of sp³-hybridized carbons (Fsp3) is 0.562. The Bertz CT molecular complexity index is 402. The Balaban J connectivity index is 1.82. The smallest absolute Gasteiger partial charge is 0.260 e. The van der Waals surface area contributed by atoms with Crippen LogP contribution in [0.4, 0.5) is 0 Å². The van der Waals surface area contributed by atoms with Crippen molar-refractivity contribution in [2.75, 3.05) is 26.2 Å². The molecule has 1 aromatic carbocycles. The minimum absolute atomic E-state index is 0.0735. The molecule has 2 rings (SSSR count). The van der Waals surface area contributed by atoms with E-state index in [0.29, 0.717) is 6.04 Å². The van der Waals surface area contributed by atoms with Crippen molar-refractivity contribution < 1.29 is 9.53 Å². The molecule has 0 saturated carbocycles. The molecular weight excluding hydrogens is 252 g/mol. The molecule has 110 valence electrons. The molecule has 20 heavy (non-hydrogen) atoms. The van der Waals surface area contributed by atoms with E-state index in [9.17, 15) is 4.79 Å². The number of benzene rings is 1. The highest BCUT2D eigenvalue weighted by molar-refractivity contribution is 5.77. The SMILES string of the molecule is CCCN(CC1CCCN1)C(=O)COc1ccccc1. The van der Waals surface area contributed by atoms with E-state index < -0.39 is 0 Å². The van der Waals surface area contributed by atoms with Crippen LogP contribution in [0.5, 0.6) is 5.75 Å². The highest BCUT2D eigenvalue weighted by Crippen LogP contribution is 2.10. The topological polar surface area (TPSA) is 41.6 Å². The van der Waals surface area contributed by atoms with Gasteiger partial charge in [-0.2, -0.15) is 0 Å². The van der Waals surface area contributed by atoms with Crippen molar-refractivity contribution in [2.24, 2.45) is 0 Å². The van der Waals surface area contributed by atoms with E-state index in [4.69, 9.17) is 4.74 Å². The summed E-state index contributed by atoms with van der Waals surface area (Å²) in [6.07, 6.45) is 3.34. The van der Waals surface area contributed by atoms with Gasteiger partial charge in [0.15, 0.2) is 6.61 Å². The Hall–Kier alpha value is -1.55. The van der Waals surface area contributed by atoms with E-state index in [0.717, 1.165) is 38.2 Å². The third kappa shape index (κ3) is 4.53. The molecule has 1 amide bonds. The average molecular weight is 276 g/mol. The molecule has 4 heteroatoms. The van der Waals surface area contributed by atoms with Crippen molar-refractivity contribution in [3.05, 3.63) is 30.3 Å². The molecule has 1 aliphatic rings. The maximum absolute atomic E-state index is 12.3. The summed E-state index contributed by atoms with van der Waals surface area (Å²) in [7, 11) is 0. The minimum Gasteiger partial charge on any atom is -0.484 e. The van der Waals surface area contributed by atoms with Crippen LogP contribution in [-0.2, 0) is 4.79 Å². The van der Waals surface area contributed by atoms with Crippen molar-refractivity contribution in [1.29, 1.82) is 0 Å². The van der Waals surface area contributed by atoms with E-state index in [1.54, 1.807) is 0 Å². The number of hydrogen-bond acceptors (Lipinski definition) is 3. The summed E-state index contributed by atoms with van der Waals surface area (Å²) in [5.74, 6) is 0.820. The highest BCUT2D eigenvalue weighted by Gasteiger charge is 2.21. The number of hydrogen-bond donors (Lipinski definition) is 1. The van der Waals surface area contributed by atoms with Gasteiger partial charge in [0.05, 0.1) is 0 Å². The first-order valence-corrected chi connectivity index (χ1v) is 7.48. The highest BCUT2D eigenvalue weighted by atomic mass is 16.5. The van der Waals surface area contributed by atoms with Gasteiger partial charge < -0.3 is 15.0 Å². The van der Waals surface area contributed by atoms with Gasteiger partial charge in [-0.1, -0.05) is 25.1 Å². The number of rotatable bonds is 7. The fourth-order valence-corrected chi connectivity index (χ4v) is 2.52. The minimum atomic E-state index is 0.0735. The zero-order valence-electron chi connectivity index (χ0n) is 12.2. The van der Waals surface area contributed by atoms with E-state index in [-0.39, 0.29) is 12.5 Å². The molecule has 1 aromatic rings. The Morgan fingerprint density at radius 3 is 2.85 bits per heavy atom. The number of amides is 1. The zero-order valence-corrected chi connectivity index (χ0v) is 12.2. The van der Waals surface area contributed by atoms with Gasteiger partial charge >= 0.3 is 0 Å². The summed E-state index contributed by atoms with van der Waals surface area (Å²) in [4.78, 5) is 14.2. The predicted molar refractivity (Wildman–Crippen MR) is 79.8 cm³/mol. The van der Waals surface area contributed by atoms with E-state index in [1.165, 1.54) is 6.42 Å². The second-order valence-corrected chi connectivity index (χ2v) is 5.23. The van der Waals surface area contributed by atoms with Gasteiger partial charge in [-0.05, 0) is 37.9 Å². The lowest BCUT2D eigenvalue weighted by molar-refractivity contribution is -0.133. The number of carbonyl (C=O) groups excluding carboxylic acids is 1. The predicted octanol–water partition coefficient (Wildman–Crippen LogP) is 2.06. The van der Waals surface area contributed by atoms with Crippen LogP contribution in [0.15, 0.2) is 30.3 Å². The first-order valence-electron chi connectivity index (χ1n) is 7.48. The van der Waals surface area contributed by atoms with Gasteiger partial charge in [-0.3, -0.25) is 4.79 Å². The summed E-state index contributed by atoms with van der Waals surface area (Å²) < 4.78 is 5.55. The molecule has 1 saturated heterocycles. The molecule has 1 aliphatic heterocycles. The van der Waals surface area contributed by atoms with Crippen LogP contribution in [0, 0.1) is 0 Å². The lowest BCUT2D eigenvalue weighted by atomic mass is 10.2. The molecule has 1 fully saturated rings. The number of ether oxygens (including phenoxy) is 1. The maximum atomic E-state index is 12.3. The molecule has 1 N–H and O–H groups in total. The van der Waals surface area contributed by atoms with Gasteiger partial charge in [0.2, 0.25) is 0 Å². The Labute approximate surface area is 121 Å². The molecule has 0 bridgehead atoms. The van der Waals surface area contributed by atoms with Gasteiger partial charge in [0.1, 0.15) is 5.75 Å². The first-order chi connectivity index (χ1) is 9.79. The Morgan fingerprint density at radius 1 is 1.40 bits per heavy atom. The maximum Gasteiger partial charge on any atom is 0.260 e. The van der Waals surface area contributed by atoms with Gasteiger partial charge in [-0.15, -0.1) is 0 Å². The fourth-order valence-electron chi connectivity index (χ4n) is 2.52. The van der Waals surface area contributed by atoms with Crippen LogP contribution in [-0.4, -0.2) is 43.1 Å². The van der Waals surface area contributed by atoms with Crippen LogP contribution in [0.25, 0.3) is 0 Å². The van der Waals surface area contributed by atoms with Crippen molar-refractivity contribution in [1.82, 2.24) is 10.2 Å². The molecular formula is C16H24N2O2. The third-order valence-corrected chi connectivity index (χ3v) is 3.55. The van der Waals surface area contributed by atoms with Crippen molar-refractivity contribution in [3.63, 3.8) is 0 Å². The lowest BCUT2D eigenvalue weighted by Crippen LogP contribution is -2.43. The molecule has 0 radical (unpaired) electrons. The molecule has 1 atom stereocenters. The van der Waals surface area contributed by atoms with Crippen molar-refractivity contribution >= 4 is 5.91 Å². The molecule has 0 spiro atoms. The summed E-state index contributed by atoms with van der Waals surface area (Å²) in [5, 5.41) is 3.44. The van der Waals surface area contributed by atoms with Crippen molar-refractivity contribution in [3.8, 4) is 5.75 Å². The quantitative estimate of drug-likeness (QED) is 0.829. The van der Waals surface area contributed by atoms with Gasteiger partial charge in [-0.25, -0.2) is 0 Å². The number of para-hydroxylation sites is 1. The average Bonchev–Trinajstić information content (AvgIpc) is 2.98. The van der Waals surface area contributed by atoms with Crippen LogP contribution in [0.2, 0.25) is 0 Å². The summed E-state index contributed by atoms with van der Waals surface area (Å²) >= 11 is 0. The standard InChI is InChI=1S/C16H24N2O2/c1-2-11-18(12-14-7-6-10-17-14)16(19)13-20-15-8-4-3-5-9-15/h3-5,8-9,14,17H,2,6-7,10-13H2,1H3. The number of carbonyl (C=O) groups is 1. The summed E-state index contributed by atoms with van der Waals surface area (Å²) in [5.41, 5.74) is 0. The number of nitrogens with one attached hydrogen (secondary N) is 1. The monoisotopic (exact) mass is 276 g/mol. The lowest BCUT2D eigenvalue weighted by Gasteiger charge is -2.25. The van der Waals surface area contributed by atoms with E-state index in [1.807, 2.05) is 35.2 Å². The van der Waals surface area contributed by atoms with Gasteiger partial charge in [0, 0.05) is 19.1 Å². The molecule has 0 aromatic heterocycles. The van der Waals surface area contributed by atoms with Crippen molar-refractivity contribution in [2.45, 2.75) is 32.2 Å². The number of nitrogens with zero attached hydrogens (tertiary/aromatic N) is 1.